The van der Waals surface area contributed by atoms with Gasteiger partial charge in [-0.2, -0.15) is 11.8 Å². The van der Waals surface area contributed by atoms with Gasteiger partial charge in [0, 0.05) is 24.7 Å². The van der Waals surface area contributed by atoms with Gasteiger partial charge < -0.3 is 4.90 Å². The number of nitrogens with zero attached hydrogens (tertiary/aromatic N) is 1. The summed E-state index contributed by atoms with van der Waals surface area (Å²) < 4.78 is 27.3. The minimum atomic E-state index is -0.502. The Hall–Kier alpha value is -0.290. The Balaban J connectivity index is 2.95. The summed E-state index contributed by atoms with van der Waals surface area (Å²) in [6, 6.07) is 2.73. The summed E-state index contributed by atoms with van der Waals surface area (Å²) in [6.45, 7) is 0.628. The summed E-state index contributed by atoms with van der Waals surface area (Å²) in [7, 11) is 1.70. The van der Waals surface area contributed by atoms with Gasteiger partial charge in [-0.05, 0) is 24.0 Å². The Labute approximate surface area is 107 Å². The second-order valence-electron chi connectivity index (χ2n) is 3.46. The lowest BCUT2D eigenvalue weighted by Gasteiger charge is -2.20. The number of halogens is 3. The van der Waals surface area contributed by atoms with Crippen molar-refractivity contribution in [1.82, 2.24) is 0 Å². The SMILES string of the molecule is CSCCN(C)c1c(F)cc(CBr)cc1F. The molecular weight excluding hydrogens is 296 g/mol. The molecule has 0 aliphatic rings. The number of rotatable bonds is 5. The lowest BCUT2D eigenvalue weighted by molar-refractivity contribution is 0.576. The van der Waals surface area contributed by atoms with E-state index in [9.17, 15) is 8.78 Å². The molecule has 1 aromatic rings. The molecule has 16 heavy (non-hydrogen) atoms. The first kappa shape index (κ1) is 13.8. The van der Waals surface area contributed by atoms with E-state index in [0.717, 1.165) is 5.75 Å². The van der Waals surface area contributed by atoms with Gasteiger partial charge in [0.05, 0.1) is 0 Å². The van der Waals surface area contributed by atoms with E-state index in [4.69, 9.17) is 0 Å². The van der Waals surface area contributed by atoms with Gasteiger partial charge in [-0.15, -0.1) is 0 Å². The Morgan fingerprint density at radius 1 is 1.31 bits per heavy atom. The minimum Gasteiger partial charge on any atom is -0.369 e. The third kappa shape index (κ3) is 3.35. The predicted molar refractivity (Wildman–Crippen MR) is 70.6 cm³/mol. The van der Waals surface area contributed by atoms with Crippen LogP contribution in [0.3, 0.4) is 0 Å². The van der Waals surface area contributed by atoms with Crippen molar-refractivity contribution in [2.24, 2.45) is 0 Å². The van der Waals surface area contributed by atoms with E-state index < -0.39 is 11.6 Å². The lowest BCUT2D eigenvalue weighted by atomic mass is 10.2. The molecule has 0 aliphatic carbocycles. The molecule has 0 bridgehead atoms. The molecule has 0 unspecified atom stereocenters. The topological polar surface area (TPSA) is 3.24 Å². The Kier molecular flexibility index (Phi) is 5.55. The van der Waals surface area contributed by atoms with Crippen molar-refractivity contribution in [3.05, 3.63) is 29.3 Å². The van der Waals surface area contributed by atoms with Gasteiger partial charge in [0.2, 0.25) is 0 Å². The van der Waals surface area contributed by atoms with Crippen molar-refractivity contribution in [2.45, 2.75) is 5.33 Å². The van der Waals surface area contributed by atoms with Crippen LogP contribution in [0.2, 0.25) is 0 Å². The monoisotopic (exact) mass is 309 g/mol. The van der Waals surface area contributed by atoms with Crippen molar-refractivity contribution in [3.63, 3.8) is 0 Å². The molecule has 0 aliphatic heterocycles. The van der Waals surface area contributed by atoms with Gasteiger partial charge in [-0.3, -0.25) is 0 Å². The van der Waals surface area contributed by atoms with Crippen LogP contribution in [0, 0.1) is 11.6 Å². The van der Waals surface area contributed by atoms with Crippen molar-refractivity contribution >= 4 is 33.4 Å². The Morgan fingerprint density at radius 2 is 1.88 bits per heavy atom. The molecule has 0 saturated carbocycles. The van der Waals surface area contributed by atoms with Crippen molar-refractivity contribution in [1.29, 1.82) is 0 Å². The van der Waals surface area contributed by atoms with E-state index in [1.54, 1.807) is 23.7 Å². The van der Waals surface area contributed by atoms with E-state index in [2.05, 4.69) is 15.9 Å². The van der Waals surface area contributed by atoms with Gasteiger partial charge >= 0.3 is 0 Å². The molecule has 0 aromatic heterocycles. The third-order valence-corrected chi connectivity index (χ3v) is 3.48. The summed E-state index contributed by atoms with van der Waals surface area (Å²) in [6.07, 6.45) is 1.97. The van der Waals surface area contributed by atoms with Crippen LogP contribution < -0.4 is 4.90 Å². The van der Waals surface area contributed by atoms with Crippen LogP contribution in [0.5, 0.6) is 0 Å². The van der Waals surface area contributed by atoms with Crippen LogP contribution in [-0.2, 0) is 5.33 Å². The molecule has 1 nitrogen and oxygen atoms in total. The van der Waals surface area contributed by atoms with Gasteiger partial charge in [-0.25, -0.2) is 8.78 Å². The molecule has 5 heteroatoms. The maximum Gasteiger partial charge on any atom is 0.149 e. The predicted octanol–water partition coefficient (Wildman–Crippen LogP) is 3.66. The maximum atomic E-state index is 13.7. The number of benzene rings is 1. The zero-order valence-corrected chi connectivity index (χ0v) is 11.7. The highest BCUT2D eigenvalue weighted by atomic mass is 79.9. The highest BCUT2D eigenvalue weighted by molar-refractivity contribution is 9.08. The third-order valence-electron chi connectivity index (χ3n) is 2.24. The molecule has 90 valence electrons. The van der Waals surface area contributed by atoms with Crippen molar-refractivity contribution in [3.8, 4) is 0 Å². The van der Waals surface area contributed by atoms with Crippen molar-refractivity contribution < 1.29 is 8.78 Å². The molecular formula is C11H14BrF2NS. The second-order valence-corrected chi connectivity index (χ2v) is 5.00. The van der Waals surface area contributed by atoms with E-state index in [-0.39, 0.29) is 5.69 Å². The molecule has 0 amide bonds. The first-order chi connectivity index (χ1) is 7.60. The fourth-order valence-electron chi connectivity index (χ4n) is 1.40. The summed E-state index contributed by atoms with van der Waals surface area (Å²) in [4.78, 5) is 1.61. The number of hydrogen-bond acceptors (Lipinski definition) is 2. The maximum absolute atomic E-state index is 13.7. The molecule has 0 radical (unpaired) electrons. The zero-order chi connectivity index (χ0) is 12.1. The molecule has 1 aromatic carbocycles. The van der Waals surface area contributed by atoms with Crippen LogP contribution in [0.1, 0.15) is 5.56 Å². The molecule has 0 atom stereocenters. The Bertz CT molecular complexity index is 337. The van der Waals surface area contributed by atoms with Crippen LogP contribution in [0.25, 0.3) is 0 Å². The molecule has 0 heterocycles. The number of anilines is 1. The summed E-state index contributed by atoms with van der Waals surface area (Å²) in [5.74, 6) is -0.161. The number of hydrogen-bond donors (Lipinski definition) is 0. The van der Waals surface area contributed by atoms with Gasteiger partial charge in [0.15, 0.2) is 0 Å². The van der Waals surface area contributed by atoms with E-state index in [0.29, 0.717) is 17.4 Å². The zero-order valence-electron chi connectivity index (χ0n) is 9.27. The smallest absolute Gasteiger partial charge is 0.149 e. The number of thioether (sulfide) groups is 1. The first-order valence-electron chi connectivity index (χ1n) is 4.84. The molecule has 0 N–H and O–H groups in total. The fourth-order valence-corrected chi connectivity index (χ4v) is 2.18. The first-order valence-corrected chi connectivity index (χ1v) is 7.35. The highest BCUT2D eigenvalue weighted by Crippen LogP contribution is 2.25. The fraction of sp³-hybridized carbons (Fsp3) is 0.455. The van der Waals surface area contributed by atoms with Crippen LogP contribution >= 0.6 is 27.7 Å². The number of alkyl halides is 1. The minimum absolute atomic E-state index is 0.0544. The van der Waals surface area contributed by atoms with Crippen LogP contribution in [0.4, 0.5) is 14.5 Å². The van der Waals surface area contributed by atoms with E-state index >= 15 is 0 Å². The highest BCUT2D eigenvalue weighted by Gasteiger charge is 2.14. The van der Waals surface area contributed by atoms with Gasteiger partial charge in [-0.1, -0.05) is 15.9 Å². The average molecular weight is 310 g/mol. The quantitative estimate of drug-likeness (QED) is 0.764. The molecule has 0 fully saturated rings. The standard InChI is InChI=1S/C11H14BrF2NS/c1-15(3-4-16-2)11-9(13)5-8(7-12)6-10(11)14/h5-6H,3-4,7H2,1-2H3. The van der Waals surface area contributed by atoms with E-state index in [1.807, 2.05) is 6.26 Å². The van der Waals surface area contributed by atoms with Crippen LogP contribution in [-0.4, -0.2) is 25.6 Å². The largest absolute Gasteiger partial charge is 0.369 e. The average Bonchev–Trinajstić information content (AvgIpc) is 2.25. The van der Waals surface area contributed by atoms with Gasteiger partial charge in [0.1, 0.15) is 17.3 Å². The summed E-state index contributed by atoms with van der Waals surface area (Å²) in [5, 5.41) is 0.454. The van der Waals surface area contributed by atoms with E-state index in [1.165, 1.54) is 12.1 Å². The normalized spacial score (nSPS) is 10.6. The summed E-state index contributed by atoms with van der Waals surface area (Å²) in [5.41, 5.74) is 0.663. The van der Waals surface area contributed by atoms with Crippen molar-refractivity contribution in [2.75, 3.05) is 30.5 Å². The Morgan fingerprint density at radius 3 is 2.31 bits per heavy atom. The molecule has 0 spiro atoms. The molecule has 0 saturated heterocycles. The molecule has 1 rings (SSSR count). The van der Waals surface area contributed by atoms with Crippen LogP contribution in [0.15, 0.2) is 12.1 Å². The summed E-state index contributed by atoms with van der Waals surface area (Å²) >= 11 is 4.83. The lowest BCUT2D eigenvalue weighted by Crippen LogP contribution is -2.22. The second kappa shape index (κ2) is 6.45. The van der Waals surface area contributed by atoms with Gasteiger partial charge in [0.25, 0.3) is 0 Å².